The van der Waals surface area contributed by atoms with Crippen LogP contribution >= 0.6 is 0 Å². The first kappa shape index (κ1) is 15.7. The molecule has 0 unspecified atom stereocenters. The van der Waals surface area contributed by atoms with E-state index in [0.29, 0.717) is 25.9 Å². The molecule has 5 nitrogen and oxygen atoms in total. The highest BCUT2D eigenvalue weighted by Gasteiger charge is 2.25. The summed E-state index contributed by atoms with van der Waals surface area (Å²) in [6, 6.07) is 1.66. The van der Waals surface area contributed by atoms with Gasteiger partial charge in [0, 0.05) is 13.1 Å². The van der Waals surface area contributed by atoms with E-state index in [2.05, 4.69) is 0 Å². The summed E-state index contributed by atoms with van der Waals surface area (Å²) in [7, 11) is 0. The van der Waals surface area contributed by atoms with Gasteiger partial charge in [-0.1, -0.05) is 0 Å². The molecule has 1 fully saturated rings. The fourth-order valence-corrected chi connectivity index (χ4v) is 2.46. The van der Waals surface area contributed by atoms with Crippen molar-refractivity contribution in [1.82, 2.24) is 0 Å². The maximum absolute atomic E-state index is 13.9. The molecule has 1 aromatic rings. The number of anilines is 1. The number of carbonyl (C=O) groups is 1. The number of ether oxygens (including phenoxy) is 1. The van der Waals surface area contributed by atoms with Crippen LogP contribution in [-0.4, -0.2) is 48.6 Å². The molecule has 0 atom stereocenters. The summed E-state index contributed by atoms with van der Waals surface area (Å²) < 4.78 is 33.3. The zero-order chi connectivity index (χ0) is 15.4. The number of rotatable bonds is 5. The van der Waals surface area contributed by atoms with Crippen molar-refractivity contribution >= 4 is 11.7 Å². The number of piperidine rings is 1. The molecule has 0 aromatic heterocycles. The molecule has 2 N–H and O–H groups in total. The van der Waals surface area contributed by atoms with E-state index in [1.807, 2.05) is 0 Å². The zero-order valence-electron chi connectivity index (χ0n) is 11.4. The van der Waals surface area contributed by atoms with Gasteiger partial charge in [0.15, 0.2) is 0 Å². The van der Waals surface area contributed by atoms with E-state index in [9.17, 15) is 13.6 Å². The zero-order valence-corrected chi connectivity index (χ0v) is 11.4. The van der Waals surface area contributed by atoms with Gasteiger partial charge in [0.1, 0.15) is 17.3 Å². The van der Waals surface area contributed by atoms with Crippen molar-refractivity contribution in [3.05, 3.63) is 29.3 Å². The number of hydrogen-bond acceptors (Lipinski definition) is 4. The topological polar surface area (TPSA) is 70.0 Å². The fraction of sp³-hybridized carbons (Fsp3) is 0.500. The molecule has 0 aliphatic carbocycles. The van der Waals surface area contributed by atoms with E-state index in [4.69, 9.17) is 14.9 Å². The molecule has 1 aliphatic rings. The van der Waals surface area contributed by atoms with Crippen LogP contribution in [0.3, 0.4) is 0 Å². The lowest BCUT2D eigenvalue weighted by Crippen LogP contribution is -2.38. The van der Waals surface area contributed by atoms with Gasteiger partial charge >= 0.3 is 5.97 Å². The number of benzene rings is 1. The Bertz CT molecular complexity index is 493. The Hall–Kier alpha value is -1.73. The molecular weight excluding hydrogens is 284 g/mol. The van der Waals surface area contributed by atoms with E-state index in [1.54, 1.807) is 4.90 Å². The molecule has 1 heterocycles. The number of aromatic carboxylic acids is 1. The lowest BCUT2D eigenvalue weighted by molar-refractivity contribution is 0.0158. The maximum atomic E-state index is 13.9. The van der Waals surface area contributed by atoms with Crippen molar-refractivity contribution in [2.45, 2.75) is 18.9 Å². The molecule has 7 heteroatoms. The Morgan fingerprint density at radius 1 is 1.29 bits per heavy atom. The first-order valence-corrected chi connectivity index (χ1v) is 6.72. The average Bonchev–Trinajstić information content (AvgIpc) is 2.45. The second-order valence-electron chi connectivity index (χ2n) is 4.87. The van der Waals surface area contributed by atoms with E-state index < -0.39 is 23.2 Å². The molecule has 0 bridgehead atoms. The highest BCUT2D eigenvalue weighted by atomic mass is 19.1. The number of carboxylic acids is 1. The molecule has 116 valence electrons. The summed E-state index contributed by atoms with van der Waals surface area (Å²) in [4.78, 5) is 12.3. The summed E-state index contributed by atoms with van der Waals surface area (Å²) in [6.07, 6.45) is 1.16. The van der Waals surface area contributed by atoms with Gasteiger partial charge in [-0.2, -0.15) is 0 Å². The standard InChI is InChI=1S/C14H17F2NO4/c15-11-7-9(14(19)20)8-12(16)13(11)17-3-1-10(2-4-17)21-6-5-18/h7-8,10,18H,1-6H2,(H,19,20). The minimum Gasteiger partial charge on any atom is -0.478 e. The number of aliphatic hydroxyl groups is 1. The highest BCUT2D eigenvalue weighted by molar-refractivity contribution is 5.88. The summed E-state index contributed by atoms with van der Waals surface area (Å²) in [5.41, 5.74) is -0.601. The van der Waals surface area contributed by atoms with Crippen LogP contribution in [0.15, 0.2) is 12.1 Å². The predicted molar refractivity (Wildman–Crippen MR) is 71.6 cm³/mol. The average molecular weight is 301 g/mol. The monoisotopic (exact) mass is 301 g/mol. The van der Waals surface area contributed by atoms with Crippen LogP contribution in [0, 0.1) is 11.6 Å². The molecule has 1 aliphatic heterocycles. The minimum atomic E-state index is -1.37. The first-order chi connectivity index (χ1) is 10.0. The van der Waals surface area contributed by atoms with Crippen LogP contribution in [0.25, 0.3) is 0 Å². The van der Waals surface area contributed by atoms with Crippen LogP contribution < -0.4 is 4.90 Å². The molecule has 0 spiro atoms. The quantitative estimate of drug-likeness (QED) is 0.865. The van der Waals surface area contributed by atoms with E-state index in [1.165, 1.54) is 0 Å². The summed E-state index contributed by atoms with van der Waals surface area (Å²) in [5.74, 6) is -3.11. The number of halogens is 2. The molecule has 0 radical (unpaired) electrons. The highest BCUT2D eigenvalue weighted by Crippen LogP contribution is 2.28. The fourth-order valence-electron chi connectivity index (χ4n) is 2.46. The third-order valence-corrected chi connectivity index (χ3v) is 3.47. The van der Waals surface area contributed by atoms with Crippen molar-refractivity contribution in [2.75, 3.05) is 31.2 Å². The number of nitrogens with zero attached hydrogens (tertiary/aromatic N) is 1. The van der Waals surface area contributed by atoms with Crippen LogP contribution in [0.1, 0.15) is 23.2 Å². The first-order valence-electron chi connectivity index (χ1n) is 6.72. The Labute approximate surface area is 120 Å². The third-order valence-electron chi connectivity index (χ3n) is 3.47. The molecule has 21 heavy (non-hydrogen) atoms. The van der Waals surface area contributed by atoms with Crippen LogP contribution in [0.4, 0.5) is 14.5 Å². The van der Waals surface area contributed by atoms with Gasteiger partial charge in [0.25, 0.3) is 0 Å². The summed E-state index contributed by atoms with van der Waals surface area (Å²) in [5, 5.41) is 17.5. The Morgan fingerprint density at radius 3 is 2.33 bits per heavy atom. The van der Waals surface area contributed by atoms with Crippen molar-refractivity contribution in [3.63, 3.8) is 0 Å². The van der Waals surface area contributed by atoms with Gasteiger partial charge in [-0.25, -0.2) is 13.6 Å². The van der Waals surface area contributed by atoms with Crippen LogP contribution in [0.2, 0.25) is 0 Å². The Kier molecular flexibility index (Phi) is 5.08. The Balaban J connectivity index is 2.08. The largest absolute Gasteiger partial charge is 0.478 e. The summed E-state index contributed by atoms with van der Waals surface area (Å²) >= 11 is 0. The molecule has 0 saturated carbocycles. The Morgan fingerprint density at radius 2 is 1.86 bits per heavy atom. The van der Waals surface area contributed by atoms with Gasteiger partial charge in [-0.05, 0) is 25.0 Å². The normalized spacial score (nSPS) is 16.2. The van der Waals surface area contributed by atoms with Crippen molar-refractivity contribution in [3.8, 4) is 0 Å². The summed E-state index contributed by atoms with van der Waals surface area (Å²) in [6.45, 7) is 1.02. The van der Waals surface area contributed by atoms with E-state index in [-0.39, 0.29) is 25.0 Å². The third kappa shape index (κ3) is 3.68. The maximum Gasteiger partial charge on any atom is 0.335 e. The SMILES string of the molecule is O=C(O)c1cc(F)c(N2CCC(OCCO)CC2)c(F)c1. The lowest BCUT2D eigenvalue weighted by atomic mass is 10.1. The van der Waals surface area contributed by atoms with Crippen LogP contribution in [-0.2, 0) is 4.74 Å². The minimum absolute atomic E-state index is 0.0298. The lowest BCUT2D eigenvalue weighted by Gasteiger charge is -2.33. The number of aliphatic hydroxyl groups excluding tert-OH is 1. The van der Waals surface area contributed by atoms with E-state index >= 15 is 0 Å². The smallest absolute Gasteiger partial charge is 0.335 e. The number of carboxylic acid groups (broad SMARTS) is 1. The molecule has 0 amide bonds. The van der Waals surface area contributed by atoms with E-state index in [0.717, 1.165) is 12.1 Å². The molecule has 1 saturated heterocycles. The van der Waals surface area contributed by atoms with Crippen molar-refractivity contribution in [1.29, 1.82) is 0 Å². The van der Waals surface area contributed by atoms with Crippen molar-refractivity contribution in [2.24, 2.45) is 0 Å². The van der Waals surface area contributed by atoms with Crippen LogP contribution in [0.5, 0.6) is 0 Å². The molecular formula is C14H17F2NO4. The van der Waals surface area contributed by atoms with Gasteiger partial charge in [0.05, 0.1) is 24.9 Å². The predicted octanol–water partition coefficient (Wildman–Crippen LogP) is 1.64. The van der Waals surface area contributed by atoms with Gasteiger partial charge in [-0.15, -0.1) is 0 Å². The second kappa shape index (κ2) is 6.82. The number of hydrogen-bond donors (Lipinski definition) is 2. The van der Waals surface area contributed by atoms with Gasteiger partial charge < -0.3 is 19.8 Å². The van der Waals surface area contributed by atoms with Gasteiger partial charge in [-0.3, -0.25) is 0 Å². The molecule has 2 rings (SSSR count). The molecule has 1 aromatic carbocycles. The second-order valence-corrected chi connectivity index (χ2v) is 4.87. The van der Waals surface area contributed by atoms with Gasteiger partial charge in [0.2, 0.25) is 0 Å². The van der Waals surface area contributed by atoms with Crippen molar-refractivity contribution < 1.29 is 28.5 Å².